The highest BCUT2D eigenvalue weighted by molar-refractivity contribution is 5.79. The average molecular weight is 491 g/mol. The van der Waals surface area contributed by atoms with Crippen LogP contribution in [0.3, 0.4) is 0 Å². The molecule has 3 aromatic carbocycles. The number of nitrogens with zero attached hydrogens (tertiary/aromatic N) is 3. The van der Waals surface area contributed by atoms with Gasteiger partial charge in [-0.3, -0.25) is 4.79 Å². The summed E-state index contributed by atoms with van der Waals surface area (Å²) in [5.74, 6) is 1.36. The van der Waals surface area contributed by atoms with E-state index in [0.717, 1.165) is 49.4 Å². The van der Waals surface area contributed by atoms with Gasteiger partial charge in [0, 0.05) is 37.0 Å². The van der Waals surface area contributed by atoms with Crippen LogP contribution in [0, 0.1) is 12.8 Å². The molecule has 4 aromatic rings. The SMILES string of the molecule is Cc1ccccc1-c1ccc(N2CCC(C(=O)NCCC(c3ccccc3)c3ccccc3)CC2)nn1. The van der Waals surface area contributed by atoms with E-state index in [-0.39, 0.29) is 17.7 Å². The third kappa shape index (κ3) is 6.05. The number of hydrogen-bond acceptors (Lipinski definition) is 4. The molecule has 1 saturated heterocycles. The highest BCUT2D eigenvalue weighted by Crippen LogP contribution is 2.28. The highest BCUT2D eigenvalue weighted by atomic mass is 16.1. The van der Waals surface area contributed by atoms with E-state index in [4.69, 9.17) is 0 Å². The normalized spacial score (nSPS) is 14.1. The van der Waals surface area contributed by atoms with Gasteiger partial charge in [0.1, 0.15) is 0 Å². The molecule has 0 spiro atoms. The number of aromatic nitrogens is 2. The van der Waals surface area contributed by atoms with Gasteiger partial charge in [0.15, 0.2) is 5.82 Å². The summed E-state index contributed by atoms with van der Waals surface area (Å²) in [4.78, 5) is 15.2. The lowest BCUT2D eigenvalue weighted by atomic mass is 9.88. The van der Waals surface area contributed by atoms with Crippen LogP contribution < -0.4 is 10.2 Å². The Kier molecular flexibility index (Phi) is 7.90. The number of nitrogens with one attached hydrogen (secondary N) is 1. The molecular formula is C32H34N4O. The van der Waals surface area contributed by atoms with Crippen molar-refractivity contribution in [2.45, 2.75) is 32.1 Å². The maximum absolute atomic E-state index is 13.0. The smallest absolute Gasteiger partial charge is 0.223 e. The van der Waals surface area contributed by atoms with Crippen LogP contribution in [0.4, 0.5) is 5.82 Å². The second-order valence-electron chi connectivity index (χ2n) is 9.81. The maximum atomic E-state index is 13.0. The summed E-state index contributed by atoms with van der Waals surface area (Å²) in [6, 6.07) is 33.4. The number of amides is 1. The molecule has 1 aliphatic heterocycles. The number of carbonyl (C=O) groups excluding carboxylic acids is 1. The predicted octanol–water partition coefficient (Wildman–Crippen LogP) is 6.01. The lowest BCUT2D eigenvalue weighted by Crippen LogP contribution is -2.41. The van der Waals surface area contributed by atoms with Crippen molar-refractivity contribution in [1.82, 2.24) is 15.5 Å². The summed E-state index contributed by atoms with van der Waals surface area (Å²) in [5, 5.41) is 12.2. The minimum absolute atomic E-state index is 0.0438. The molecule has 37 heavy (non-hydrogen) atoms. The van der Waals surface area contributed by atoms with Gasteiger partial charge in [-0.1, -0.05) is 84.9 Å². The molecular weight excluding hydrogens is 456 g/mol. The largest absolute Gasteiger partial charge is 0.356 e. The first-order valence-corrected chi connectivity index (χ1v) is 13.2. The fourth-order valence-corrected chi connectivity index (χ4v) is 5.25. The van der Waals surface area contributed by atoms with E-state index in [9.17, 15) is 4.79 Å². The molecule has 1 aromatic heterocycles. The molecule has 1 aliphatic rings. The van der Waals surface area contributed by atoms with Crippen LogP contribution in [0.1, 0.15) is 41.9 Å². The molecule has 0 unspecified atom stereocenters. The molecule has 0 saturated carbocycles. The van der Waals surface area contributed by atoms with Crippen LogP contribution in [-0.4, -0.2) is 35.7 Å². The van der Waals surface area contributed by atoms with Gasteiger partial charge in [0.05, 0.1) is 5.69 Å². The Bertz CT molecular complexity index is 1240. The number of anilines is 1. The van der Waals surface area contributed by atoms with E-state index in [1.54, 1.807) is 0 Å². The predicted molar refractivity (Wildman–Crippen MR) is 149 cm³/mol. The molecule has 2 heterocycles. The number of piperidine rings is 1. The monoisotopic (exact) mass is 490 g/mol. The van der Waals surface area contributed by atoms with Gasteiger partial charge in [0.2, 0.25) is 5.91 Å². The molecule has 0 radical (unpaired) electrons. The van der Waals surface area contributed by atoms with E-state index in [2.05, 4.69) is 88.0 Å². The van der Waals surface area contributed by atoms with Gasteiger partial charge in [-0.2, -0.15) is 0 Å². The molecule has 188 valence electrons. The van der Waals surface area contributed by atoms with Gasteiger partial charge >= 0.3 is 0 Å². The Morgan fingerprint density at radius 3 is 2.05 bits per heavy atom. The van der Waals surface area contributed by atoms with E-state index >= 15 is 0 Å². The molecule has 1 amide bonds. The van der Waals surface area contributed by atoms with Crippen LogP contribution in [0.5, 0.6) is 0 Å². The van der Waals surface area contributed by atoms with E-state index in [1.165, 1.54) is 16.7 Å². The highest BCUT2D eigenvalue weighted by Gasteiger charge is 2.26. The minimum Gasteiger partial charge on any atom is -0.356 e. The van der Waals surface area contributed by atoms with Gasteiger partial charge in [-0.05, 0) is 55.0 Å². The van der Waals surface area contributed by atoms with Crippen molar-refractivity contribution in [3.63, 3.8) is 0 Å². The molecule has 0 bridgehead atoms. The van der Waals surface area contributed by atoms with Crippen LogP contribution in [0.2, 0.25) is 0 Å². The minimum atomic E-state index is 0.0438. The lowest BCUT2D eigenvalue weighted by molar-refractivity contribution is -0.125. The quantitative estimate of drug-likeness (QED) is 0.329. The third-order valence-electron chi connectivity index (χ3n) is 7.40. The Balaban J connectivity index is 1.13. The number of rotatable bonds is 8. The van der Waals surface area contributed by atoms with Gasteiger partial charge < -0.3 is 10.2 Å². The fraction of sp³-hybridized carbons (Fsp3) is 0.281. The van der Waals surface area contributed by atoms with Gasteiger partial charge in [-0.25, -0.2) is 0 Å². The topological polar surface area (TPSA) is 58.1 Å². The summed E-state index contributed by atoms with van der Waals surface area (Å²) >= 11 is 0. The number of hydrogen-bond donors (Lipinski definition) is 1. The Hall–Kier alpha value is -3.99. The van der Waals surface area contributed by atoms with E-state index in [0.29, 0.717) is 6.54 Å². The number of aryl methyl sites for hydroxylation is 1. The summed E-state index contributed by atoms with van der Waals surface area (Å²) < 4.78 is 0. The zero-order chi connectivity index (χ0) is 25.5. The maximum Gasteiger partial charge on any atom is 0.223 e. The molecule has 0 aliphatic carbocycles. The summed E-state index contributed by atoms with van der Waals surface area (Å²) in [6.07, 6.45) is 2.53. The van der Waals surface area contributed by atoms with Crippen molar-refractivity contribution < 1.29 is 4.79 Å². The second kappa shape index (κ2) is 11.8. The molecule has 0 atom stereocenters. The second-order valence-corrected chi connectivity index (χ2v) is 9.81. The van der Waals surface area contributed by atoms with Crippen LogP contribution >= 0.6 is 0 Å². The molecule has 5 nitrogen and oxygen atoms in total. The van der Waals surface area contributed by atoms with Crippen molar-refractivity contribution in [1.29, 1.82) is 0 Å². The first-order valence-electron chi connectivity index (χ1n) is 13.2. The van der Waals surface area contributed by atoms with Crippen LogP contribution in [0.25, 0.3) is 11.3 Å². The number of benzene rings is 3. The zero-order valence-corrected chi connectivity index (χ0v) is 21.4. The summed E-state index contributed by atoms with van der Waals surface area (Å²) in [6.45, 7) is 4.38. The van der Waals surface area contributed by atoms with Gasteiger partial charge in [-0.15, -0.1) is 10.2 Å². The Labute approximate surface area is 219 Å². The molecule has 5 rings (SSSR count). The van der Waals surface area contributed by atoms with Crippen LogP contribution in [0.15, 0.2) is 97.1 Å². The third-order valence-corrected chi connectivity index (χ3v) is 7.40. The van der Waals surface area contributed by atoms with Gasteiger partial charge in [0.25, 0.3) is 0 Å². The number of carbonyl (C=O) groups is 1. The van der Waals surface area contributed by atoms with Crippen molar-refractivity contribution in [3.05, 3.63) is 114 Å². The summed E-state index contributed by atoms with van der Waals surface area (Å²) in [5.41, 5.74) is 5.76. The first kappa shape index (κ1) is 24.7. The molecule has 5 heteroatoms. The average Bonchev–Trinajstić information content (AvgIpc) is 2.97. The summed E-state index contributed by atoms with van der Waals surface area (Å²) in [7, 11) is 0. The fourth-order valence-electron chi connectivity index (χ4n) is 5.25. The van der Waals surface area contributed by atoms with Crippen molar-refractivity contribution in [2.24, 2.45) is 5.92 Å². The van der Waals surface area contributed by atoms with Crippen molar-refractivity contribution >= 4 is 11.7 Å². The van der Waals surface area contributed by atoms with E-state index < -0.39 is 0 Å². The zero-order valence-electron chi connectivity index (χ0n) is 21.4. The first-order chi connectivity index (χ1) is 18.2. The Morgan fingerprint density at radius 2 is 1.46 bits per heavy atom. The molecule has 1 fully saturated rings. The standard InChI is InChI=1S/C32H34N4O/c1-24-10-8-9-15-28(24)30-16-17-31(35-34-30)36-22-19-27(20-23-36)32(37)33-21-18-29(25-11-4-2-5-12-25)26-13-6-3-7-14-26/h2-17,27,29H,18-23H2,1H3,(H,33,37). The Morgan fingerprint density at radius 1 is 0.838 bits per heavy atom. The molecule has 1 N–H and O–H groups in total. The van der Waals surface area contributed by atoms with Crippen molar-refractivity contribution in [2.75, 3.05) is 24.5 Å². The lowest BCUT2D eigenvalue weighted by Gasteiger charge is -2.32. The van der Waals surface area contributed by atoms with Crippen molar-refractivity contribution in [3.8, 4) is 11.3 Å². The van der Waals surface area contributed by atoms with E-state index in [1.807, 2.05) is 36.4 Å². The van der Waals surface area contributed by atoms with Crippen LogP contribution in [-0.2, 0) is 4.79 Å².